The molecule has 5 heteroatoms. The van der Waals surface area contributed by atoms with E-state index in [2.05, 4.69) is 22.5 Å². The van der Waals surface area contributed by atoms with Crippen molar-refractivity contribution < 1.29 is 0 Å². The third-order valence-corrected chi connectivity index (χ3v) is 5.77. The number of likely N-dealkylation sites (tertiary alicyclic amines) is 1. The highest BCUT2D eigenvalue weighted by Crippen LogP contribution is 2.21. The molecule has 1 aliphatic rings. The first-order valence-corrected chi connectivity index (χ1v) is 8.96. The van der Waals surface area contributed by atoms with E-state index in [1.165, 1.54) is 37.4 Å². The largest absolute Gasteiger partial charge is 0.311 e. The summed E-state index contributed by atoms with van der Waals surface area (Å²) in [5.41, 5.74) is 0. The van der Waals surface area contributed by atoms with E-state index in [4.69, 9.17) is 11.6 Å². The van der Waals surface area contributed by atoms with Crippen LogP contribution in [-0.4, -0.2) is 42.6 Å². The normalized spacial score (nSPS) is 18.3. The van der Waals surface area contributed by atoms with Crippen LogP contribution in [0.3, 0.4) is 0 Å². The van der Waals surface area contributed by atoms with Gasteiger partial charge in [0, 0.05) is 29.8 Å². The van der Waals surface area contributed by atoms with Crippen molar-refractivity contribution in [3.05, 3.63) is 21.3 Å². The lowest BCUT2D eigenvalue weighted by Crippen LogP contribution is -2.38. The molecule has 0 bridgehead atoms. The minimum absolute atomic E-state index is 0.880. The van der Waals surface area contributed by atoms with E-state index < -0.39 is 0 Å². The minimum atomic E-state index is 0.880. The molecule has 1 fully saturated rings. The zero-order chi connectivity index (χ0) is 12.8. The van der Waals surface area contributed by atoms with Crippen molar-refractivity contribution in [1.29, 1.82) is 0 Å². The molecule has 0 saturated carbocycles. The monoisotopic (exact) mass is 304 g/mol. The van der Waals surface area contributed by atoms with E-state index in [9.17, 15) is 0 Å². The molecular formula is C13H21ClN2S2. The summed E-state index contributed by atoms with van der Waals surface area (Å²) >= 11 is 9.59. The first-order valence-electron chi connectivity index (χ1n) is 6.48. The predicted octanol–water partition coefficient (Wildman–Crippen LogP) is 3.32. The van der Waals surface area contributed by atoms with Crippen LogP contribution < -0.4 is 5.32 Å². The lowest BCUT2D eigenvalue weighted by molar-refractivity contribution is 0.233. The van der Waals surface area contributed by atoms with Crippen LogP contribution in [0.5, 0.6) is 0 Å². The average Bonchev–Trinajstić information content (AvgIpc) is 2.81. The van der Waals surface area contributed by atoms with Gasteiger partial charge >= 0.3 is 0 Å². The molecule has 1 saturated heterocycles. The van der Waals surface area contributed by atoms with Crippen LogP contribution in [0.15, 0.2) is 12.1 Å². The smallest absolute Gasteiger partial charge is 0.0931 e. The Kier molecular flexibility index (Phi) is 6.32. The number of piperidine rings is 1. The summed E-state index contributed by atoms with van der Waals surface area (Å²) in [6.45, 7) is 5.70. The third kappa shape index (κ3) is 4.74. The van der Waals surface area contributed by atoms with Gasteiger partial charge in [0.1, 0.15) is 0 Å². The summed E-state index contributed by atoms with van der Waals surface area (Å²) in [4.78, 5) is 3.89. The van der Waals surface area contributed by atoms with E-state index >= 15 is 0 Å². The fraction of sp³-hybridized carbons (Fsp3) is 0.692. The molecule has 0 spiro atoms. The van der Waals surface area contributed by atoms with Gasteiger partial charge in [-0.25, -0.2) is 0 Å². The Morgan fingerprint density at radius 1 is 1.44 bits per heavy atom. The van der Waals surface area contributed by atoms with Gasteiger partial charge in [-0.15, -0.1) is 11.3 Å². The van der Waals surface area contributed by atoms with Crippen molar-refractivity contribution >= 4 is 34.7 Å². The topological polar surface area (TPSA) is 15.3 Å². The quantitative estimate of drug-likeness (QED) is 0.812. The molecule has 2 rings (SSSR count). The van der Waals surface area contributed by atoms with Crippen molar-refractivity contribution in [1.82, 2.24) is 10.2 Å². The first kappa shape index (κ1) is 14.7. The lowest BCUT2D eigenvalue weighted by Gasteiger charge is -2.31. The van der Waals surface area contributed by atoms with Gasteiger partial charge in [0.05, 0.1) is 4.34 Å². The minimum Gasteiger partial charge on any atom is -0.311 e. The predicted molar refractivity (Wildman–Crippen MR) is 84.0 cm³/mol. The highest BCUT2D eigenvalue weighted by molar-refractivity contribution is 7.99. The van der Waals surface area contributed by atoms with Crippen molar-refractivity contribution in [2.45, 2.75) is 24.6 Å². The van der Waals surface area contributed by atoms with Crippen LogP contribution in [0, 0.1) is 0 Å². The Labute approximate surface area is 123 Å². The molecule has 18 heavy (non-hydrogen) atoms. The average molecular weight is 305 g/mol. The molecule has 0 aliphatic carbocycles. The number of hydrogen-bond donors (Lipinski definition) is 1. The van der Waals surface area contributed by atoms with Crippen LogP contribution in [0.4, 0.5) is 0 Å². The molecule has 0 aromatic carbocycles. The number of nitrogens with zero attached hydrogens (tertiary/aromatic N) is 1. The molecular weight excluding hydrogens is 284 g/mol. The Balaban J connectivity index is 1.56. The van der Waals surface area contributed by atoms with E-state index in [-0.39, 0.29) is 0 Å². The summed E-state index contributed by atoms with van der Waals surface area (Å²) in [6.07, 6.45) is 4.93. The molecule has 1 aromatic rings. The summed E-state index contributed by atoms with van der Waals surface area (Å²) in [5.74, 6) is 0. The Hall–Kier alpha value is 0.260. The molecule has 0 radical (unpaired) electrons. The molecule has 2 nitrogen and oxygen atoms in total. The molecule has 0 amide bonds. The van der Waals surface area contributed by atoms with E-state index in [1.807, 2.05) is 17.8 Å². The van der Waals surface area contributed by atoms with Gasteiger partial charge in [0.25, 0.3) is 0 Å². The fourth-order valence-electron chi connectivity index (χ4n) is 2.26. The molecule has 0 unspecified atom stereocenters. The van der Waals surface area contributed by atoms with E-state index in [1.54, 1.807) is 11.3 Å². The van der Waals surface area contributed by atoms with Crippen LogP contribution in [0.25, 0.3) is 0 Å². The summed E-state index contributed by atoms with van der Waals surface area (Å²) < 4.78 is 0.880. The number of thioether (sulfide) groups is 1. The number of halogens is 1. The van der Waals surface area contributed by atoms with Crippen LogP contribution in [-0.2, 0) is 6.54 Å². The molecule has 2 heterocycles. The molecule has 102 valence electrons. The maximum absolute atomic E-state index is 5.90. The fourth-order valence-corrected chi connectivity index (χ4v) is 4.00. The summed E-state index contributed by atoms with van der Waals surface area (Å²) in [6, 6.07) is 4.07. The van der Waals surface area contributed by atoms with Gasteiger partial charge in [-0.05, 0) is 44.3 Å². The number of hydrogen-bond acceptors (Lipinski definition) is 4. The zero-order valence-electron chi connectivity index (χ0n) is 10.8. The standard InChI is InChI=1S/C13H21ClN2S2/c1-17-11-4-7-16(8-5-11)9-6-15-10-12-2-3-13(14)18-12/h2-3,11,15H,4-10H2,1H3. The molecule has 1 aromatic heterocycles. The summed E-state index contributed by atoms with van der Waals surface area (Å²) in [5, 5.41) is 4.38. The number of thiophene rings is 1. The van der Waals surface area contributed by atoms with Gasteiger partial charge in [-0.3, -0.25) is 0 Å². The maximum atomic E-state index is 5.90. The Morgan fingerprint density at radius 3 is 2.83 bits per heavy atom. The highest BCUT2D eigenvalue weighted by Gasteiger charge is 2.17. The van der Waals surface area contributed by atoms with Gasteiger partial charge in [-0.2, -0.15) is 11.8 Å². The zero-order valence-corrected chi connectivity index (χ0v) is 13.2. The second-order valence-corrected chi connectivity index (χ2v) is 7.60. The van der Waals surface area contributed by atoms with E-state index in [0.717, 1.165) is 22.7 Å². The molecule has 1 aliphatic heterocycles. The van der Waals surface area contributed by atoms with Crippen LogP contribution >= 0.6 is 34.7 Å². The third-order valence-electron chi connectivity index (χ3n) is 3.40. The molecule has 0 atom stereocenters. The first-order chi connectivity index (χ1) is 8.78. The second-order valence-electron chi connectivity index (χ2n) is 4.66. The SMILES string of the molecule is CSC1CCN(CCNCc2ccc(Cl)s2)CC1. The van der Waals surface area contributed by atoms with Crippen LogP contribution in [0.2, 0.25) is 4.34 Å². The maximum Gasteiger partial charge on any atom is 0.0931 e. The van der Waals surface area contributed by atoms with Crippen molar-refractivity contribution in [3.63, 3.8) is 0 Å². The highest BCUT2D eigenvalue weighted by atomic mass is 35.5. The Morgan fingerprint density at radius 2 is 2.22 bits per heavy atom. The number of nitrogens with one attached hydrogen (secondary N) is 1. The lowest BCUT2D eigenvalue weighted by atomic mass is 10.1. The number of rotatable bonds is 6. The second kappa shape index (κ2) is 7.75. The van der Waals surface area contributed by atoms with Crippen LogP contribution in [0.1, 0.15) is 17.7 Å². The molecule has 1 N–H and O–H groups in total. The van der Waals surface area contributed by atoms with Gasteiger partial charge < -0.3 is 10.2 Å². The van der Waals surface area contributed by atoms with E-state index in [0.29, 0.717) is 0 Å². The summed E-state index contributed by atoms with van der Waals surface area (Å²) in [7, 11) is 0. The van der Waals surface area contributed by atoms with Crippen molar-refractivity contribution in [2.75, 3.05) is 32.4 Å². The van der Waals surface area contributed by atoms with Gasteiger partial charge in [0.15, 0.2) is 0 Å². The van der Waals surface area contributed by atoms with Gasteiger partial charge in [-0.1, -0.05) is 11.6 Å². The van der Waals surface area contributed by atoms with Gasteiger partial charge in [0.2, 0.25) is 0 Å². The Bertz CT molecular complexity index is 349. The van der Waals surface area contributed by atoms with Crippen molar-refractivity contribution in [2.24, 2.45) is 0 Å². The van der Waals surface area contributed by atoms with Crippen molar-refractivity contribution in [3.8, 4) is 0 Å².